The van der Waals surface area contributed by atoms with E-state index in [4.69, 9.17) is 4.42 Å². The van der Waals surface area contributed by atoms with Crippen LogP contribution in [0, 0.1) is 0 Å². The van der Waals surface area contributed by atoms with Gasteiger partial charge in [-0.15, -0.1) is 12.4 Å². The lowest BCUT2D eigenvalue weighted by atomic mass is 10.1. The van der Waals surface area contributed by atoms with Crippen LogP contribution in [0.15, 0.2) is 40.8 Å². The van der Waals surface area contributed by atoms with Crippen LogP contribution >= 0.6 is 12.4 Å². The summed E-state index contributed by atoms with van der Waals surface area (Å²) < 4.78 is 5.75. The largest absolute Gasteiger partial charge is 0.451 e. The van der Waals surface area contributed by atoms with Crippen LogP contribution in [0.4, 0.5) is 0 Å². The van der Waals surface area contributed by atoms with Gasteiger partial charge in [-0.05, 0) is 24.1 Å². The summed E-state index contributed by atoms with van der Waals surface area (Å²) in [4.78, 5) is 14.2. The normalized spacial score (nSPS) is 14.5. The predicted molar refractivity (Wildman–Crippen MR) is 89.5 cm³/mol. The highest BCUT2D eigenvalue weighted by Gasteiger charge is 2.21. The molecule has 1 saturated heterocycles. The summed E-state index contributed by atoms with van der Waals surface area (Å²) in [5, 5.41) is 3.24. The Morgan fingerprint density at radius 2 is 1.82 bits per heavy atom. The fourth-order valence-electron chi connectivity index (χ4n) is 2.54. The average molecular weight is 321 g/mol. The second-order valence-electron chi connectivity index (χ2n) is 5.26. The van der Waals surface area contributed by atoms with Gasteiger partial charge in [-0.25, -0.2) is 0 Å². The highest BCUT2D eigenvalue weighted by Crippen LogP contribution is 2.23. The van der Waals surface area contributed by atoms with E-state index in [-0.39, 0.29) is 18.3 Å². The zero-order chi connectivity index (χ0) is 14.7. The molecule has 0 aliphatic carbocycles. The van der Waals surface area contributed by atoms with E-state index in [1.165, 1.54) is 5.56 Å². The number of nitrogens with one attached hydrogen (secondary N) is 1. The molecule has 1 N–H and O–H groups in total. The topological polar surface area (TPSA) is 45.5 Å². The van der Waals surface area contributed by atoms with Crippen molar-refractivity contribution in [3.05, 3.63) is 47.7 Å². The van der Waals surface area contributed by atoms with E-state index in [1.54, 1.807) is 6.07 Å². The van der Waals surface area contributed by atoms with Crippen LogP contribution in [0.2, 0.25) is 0 Å². The molecular weight excluding hydrogens is 300 g/mol. The smallest absolute Gasteiger partial charge is 0.289 e. The molecule has 1 fully saturated rings. The number of piperazine rings is 1. The molecule has 4 nitrogen and oxygen atoms in total. The van der Waals surface area contributed by atoms with E-state index >= 15 is 0 Å². The number of carbonyl (C=O) groups excluding carboxylic acids is 1. The summed E-state index contributed by atoms with van der Waals surface area (Å²) in [6.45, 7) is 5.29. The van der Waals surface area contributed by atoms with Crippen molar-refractivity contribution in [1.29, 1.82) is 0 Å². The minimum absolute atomic E-state index is 0. The standard InChI is InChI=1S/C17H20N2O2.ClH/c1-2-13-3-5-14(6-4-13)15-7-8-16(21-15)17(20)19-11-9-18-10-12-19;/h3-8,18H,2,9-12H2,1H3;1H. The van der Waals surface area contributed by atoms with E-state index in [9.17, 15) is 4.79 Å². The molecule has 5 heteroatoms. The summed E-state index contributed by atoms with van der Waals surface area (Å²) in [6.07, 6.45) is 1.02. The molecule has 22 heavy (non-hydrogen) atoms. The number of benzene rings is 1. The first-order valence-electron chi connectivity index (χ1n) is 7.47. The van der Waals surface area contributed by atoms with E-state index in [0.717, 1.165) is 43.9 Å². The van der Waals surface area contributed by atoms with Gasteiger partial charge >= 0.3 is 0 Å². The van der Waals surface area contributed by atoms with Gasteiger partial charge in [-0.3, -0.25) is 4.79 Å². The van der Waals surface area contributed by atoms with Crippen molar-refractivity contribution >= 4 is 18.3 Å². The van der Waals surface area contributed by atoms with Gasteiger partial charge < -0.3 is 14.6 Å². The van der Waals surface area contributed by atoms with Crippen molar-refractivity contribution in [2.24, 2.45) is 0 Å². The van der Waals surface area contributed by atoms with Gasteiger partial charge in [0.05, 0.1) is 0 Å². The summed E-state index contributed by atoms with van der Waals surface area (Å²) in [5.74, 6) is 1.15. The lowest BCUT2D eigenvalue weighted by molar-refractivity contribution is 0.0704. The van der Waals surface area contributed by atoms with Crippen molar-refractivity contribution in [3.8, 4) is 11.3 Å². The number of furan rings is 1. The summed E-state index contributed by atoms with van der Waals surface area (Å²) in [6, 6.07) is 11.9. The molecule has 0 radical (unpaired) electrons. The Morgan fingerprint density at radius 1 is 1.14 bits per heavy atom. The van der Waals surface area contributed by atoms with Crippen molar-refractivity contribution < 1.29 is 9.21 Å². The van der Waals surface area contributed by atoms with E-state index in [0.29, 0.717) is 5.76 Å². The summed E-state index contributed by atoms with van der Waals surface area (Å²) in [5.41, 5.74) is 2.30. The van der Waals surface area contributed by atoms with Crippen LogP contribution < -0.4 is 5.32 Å². The Kier molecular flexibility index (Phi) is 5.63. The maximum Gasteiger partial charge on any atom is 0.289 e. The molecule has 118 valence electrons. The van der Waals surface area contributed by atoms with Crippen LogP contribution in [-0.2, 0) is 6.42 Å². The molecule has 1 aromatic carbocycles. The molecule has 0 spiro atoms. The highest BCUT2D eigenvalue weighted by atomic mass is 35.5. The number of carbonyl (C=O) groups is 1. The van der Waals surface area contributed by atoms with Gasteiger partial charge in [0.15, 0.2) is 5.76 Å². The first-order valence-corrected chi connectivity index (χ1v) is 7.47. The third kappa shape index (κ3) is 3.51. The molecule has 2 aromatic rings. The molecule has 0 unspecified atom stereocenters. The van der Waals surface area contributed by atoms with Gasteiger partial charge in [0.1, 0.15) is 5.76 Å². The predicted octanol–water partition coefficient (Wildman–Crippen LogP) is 2.98. The molecule has 0 atom stereocenters. The first kappa shape index (κ1) is 16.6. The number of hydrogen-bond donors (Lipinski definition) is 1. The van der Waals surface area contributed by atoms with Crippen LogP contribution in [0.5, 0.6) is 0 Å². The number of nitrogens with zero attached hydrogens (tertiary/aromatic N) is 1. The van der Waals surface area contributed by atoms with E-state index in [1.807, 2.05) is 23.1 Å². The Bertz CT molecular complexity index is 616. The molecule has 1 amide bonds. The third-order valence-corrected chi connectivity index (χ3v) is 3.87. The third-order valence-electron chi connectivity index (χ3n) is 3.87. The van der Waals surface area contributed by atoms with Crippen LogP contribution in [0.3, 0.4) is 0 Å². The average Bonchev–Trinajstić information content (AvgIpc) is 3.05. The van der Waals surface area contributed by atoms with Crippen LogP contribution in [0.25, 0.3) is 11.3 Å². The highest BCUT2D eigenvalue weighted by molar-refractivity contribution is 5.92. The molecule has 1 aliphatic rings. The fraction of sp³-hybridized carbons (Fsp3) is 0.353. The van der Waals surface area contributed by atoms with Crippen molar-refractivity contribution in [2.75, 3.05) is 26.2 Å². The van der Waals surface area contributed by atoms with E-state index in [2.05, 4.69) is 24.4 Å². The number of amides is 1. The van der Waals surface area contributed by atoms with Gasteiger partial charge in [0, 0.05) is 31.7 Å². The van der Waals surface area contributed by atoms with Crippen molar-refractivity contribution in [3.63, 3.8) is 0 Å². The zero-order valence-corrected chi connectivity index (χ0v) is 13.5. The minimum Gasteiger partial charge on any atom is -0.451 e. The number of aryl methyl sites for hydroxylation is 1. The molecular formula is C17H21ClN2O2. The number of hydrogen-bond acceptors (Lipinski definition) is 3. The van der Waals surface area contributed by atoms with Gasteiger partial charge in [0.2, 0.25) is 0 Å². The fourth-order valence-corrected chi connectivity index (χ4v) is 2.54. The molecule has 2 heterocycles. The SMILES string of the molecule is CCc1ccc(-c2ccc(C(=O)N3CCNCC3)o2)cc1.Cl. The molecule has 0 bridgehead atoms. The molecule has 0 saturated carbocycles. The maximum absolute atomic E-state index is 12.3. The Morgan fingerprint density at radius 3 is 2.45 bits per heavy atom. The maximum atomic E-state index is 12.3. The summed E-state index contributed by atoms with van der Waals surface area (Å²) >= 11 is 0. The second-order valence-corrected chi connectivity index (χ2v) is 5.26. The van der Waals surface area contributed by atoms with Crippen LogP contribution in [0.1, 0.15) is 23.0 Å². The molecule has 1 aliphatic heterocycles. The van der Waals surface area contributed by atoms with Gasteiger partial charge in [-0.1, -0.05) is 31.2 Å². The first-order chi connectivity index (χ1) is 10.3. The van der Waals surface area contributed by atoms with Gasteiger partial charge in [-0.2, -0.15) is 0 Å². The number of rotatable bonds is 3. The van der Waals surface area contributed by atoms with Crippen LogP contribution in [-0.4, -0.2) is 37.0 Å². The number of halogens is 1. The van der Waals surface area contributed by atoms with Gasteiger partial charge in [0.25, 0.3) is 5.91 Å². The Labute approximate surface area is 136 Å². The Hall–Kier alpha value is -1.78. The monoisotopic (exact) mass is 320 g/mol. The molecule has 1 aromatic heterocycles. The lowest BCUT2D eigenvalue weighted by Gasteiger charge is -2.26. The molecule has 3 rings (SSSR count). The van der Waals surface area contributed by atoms with Crippen molar-refractivity contribution in [2.45, 2.75) is 13.3 Å². The van der Waals surface area contributed by atoms with Crippen molar-refractivity contribution in [1.82, 2.24) is 10.2 Å². The zero-order valence-electron chi connectivity index (χ0n) is 12.7. The second kappa shape index (κ2) is 7.47. The quantitative estimate of drug-likeness (QED) is 0.945. The minimum atomic E-state index is -0.0204. The lowest BCUT2D eigenvalue weighted by Crippen LogP contribution is -2.46. The Balaban J connectivity index is 0.00000176. The van der Waals surface area contributed by atoms with E-state index < -0.39 is 0 Å². The summed E-state index contributed by atoms with van der Waals surface area (Å²) in [7, 11) is 0.